The zero-order chi connectivity index (χ0) is 15.7. The minimum absolute atomic E-state index is 0.162. The molecule has 1 atom stereocenters. The van der Waals surface area contributed by atoms with E-state index in [0.29, 0.717) is 12.3 Å². The molecule has 1 aromatic rings. The van der Waals surface area contributed by atoms with E-state index in [2.05, 4.69) is 5.32 Å². The third-order valence-corrected chi connectivity index (χ3v) is 3.87. The molecule has 1 aliphatic heterocycles. The monoisotopic (exact) mass is 295 g/mol. The SMILES string of the molecule is CCNCc1cccc(F)c1OC1CC(C)(C)OC1(C)C. The van der Waals surface area contributed by atoms with E-state index in [9.17, 15) is 4.39 Å². The lowest BCUT2D eigenvalue weighted by Gasteiger charge is -2.28. The van der Waals surface area contributed by atoms with Crippen LogP contribution in [0.4, 0.5) is 4.39 Å². The lowest BCUT2D eigenvalue weighted by Crippen LogP contribution is -2.37. The summed E-state index contributed by atoms with van der Waals surface area (Å²) in [6, 6.07) is 5.06. The number of ether oxygens (including phenoxy) is 2. The average molecular weight is 295 g/mol. The molecule has 1 fully saturated rings. The molecule has 0 spiro atoms. The van der Waals surface area contributed by atoms with Crippen LogP contribution in [0.2, 0.25) is 0 Å². The van der Waals surface area contributed by atoms with Gasteiger partial charge in [-0.2, -0.15) is 0 Å². The van der Waals surface area contributed by atoms with Crippen LogP contribution in [0.3, 0.4) is 0 Å². The Morgan fingerprint density at radius 3 is 2.62 bits per heavy atom. The predicted octanol–water partition coefficient (Wildman–Crippen LogP) is 3.66. The zero-order valence-corrected chi connectivity index (χ0v) is 13.6. The van der Waals surface area contributed by atoms with Crippen molar-refractivity contribution in [3.63, 3.8) is 0 Å². The predicted molar refractivity (Wildman–Crippen MR) is 82.1 cm³/mol. The van der Waals surface area contributed by atoms with Crippen molar-refractivity contribution < 1.29 is 13.9 Å². The van der Waals surface area contributed by atoms with Gasteiger partial charge in [-0.05, 0) is 40.3 Å². The number of benzene rings is 1. The van der Waals surface area contributed by atoms with Gasteiger partial charge in [-0.25, -0.2) is 4.39 Å². The van der Waals surface area contributed by atoms with Crippen LogP contribution in [0.15, 0.2) is 18.2 Å². The Kier molecular flexibility index (Phi) is 4.59. The molecule has 0 saturated carbocycles. The Balaban J connectivity index is 2.23. The fourth-order valence-corrected chi connectivity index (χ4v) is 2.92. The van der Waals surface area contributed by atoms with Crippen LogP contribution in [-0.4, -0.2) is 23.9 Å². The van der Waals surface area contributed by atoms with Gasteiger partial charge >= 0.3 is 0 Å². The Bertz CT molecular complexity index is 500. The molecule has 0 radical (unpaired) electrons. The molecule has 4 heteroatoms. The molecule has 1 aliphatic rings. The molecule has 2 rings (SSSR count). The fraction of sp³-hybridized carbons (Fsp3) is 0.647. The van der Waals surface area contributed by atoms with Gasteiger partial charge in [-0.15, -0.1) is 0 Å². The van der Waals surface area contributed by atoms with Crippen LogP contribution in [-0.2, 0) is 11.3 Å². The Morgan fingerprint density at radius 1 is 1.33 bits per heavy atom. The molecule has 0 bridgehead atoms. The molecular formula is C17H26FNO2. The van der Waals surface area contributed by atoms with Gasteiger partial charge in [0.05, 0.1) is 5.60 Å². The van der Waals surface area contributed by atoms with Gasteiger partial charge in [-0.3, -0.25) is 0 Å². The Labute approximate surface area is 126 Å². The van der Waals surface area contributed by atoms with Crippen molar-refractivity contribution in [1.29, 1.82) is 0 Å². The molecule has 21 heavy (non-hydrogen) atoms. The molecular weight excluding hydrogens is 269 g/mol. The highest BCUT2D eigenvalue weighted by Crippen LogP contribution is 2.40. The van der Waals surface area contributed by atoms with Crippen LogP contribution in [0.5, 0.6) is 5.75 Å². The summed E-state index contributed by atoms with van der Waals surface area (Å²) in [5.74, 6) is 0.0312. The largest absolute Gasteiger partial charge is 0.484 e. The summed E-state index contributed by atoms with van der Waals surface area (Å²) in [6.45, 7) is 11.5. The van der Waals surface area contributed by atoms with Crippen LogP contribution in [0.25, 0.3) is 0 Å². The quantitative estimate of drug-likeness (QED) is 0.899. The van der Waals surface area contributed by atoms with Crippen molar-refractivity contribution in [3.8, 4) is 5.75 Å². The first-order chi connectivity index (χ1) is 9.75. The molecule has 1 heterocycles. The van der Waals surface area contributed by atoms with Gasteiger partial charge in [0.15, 0.2) is 11.6 Å². The van der Waals surface area contributed by atoms with Crippen molar-refractivity contribution in [1.82, 2.24) is 5.32 Å². The summed E-state index contributed by atoms with van der Waals surface area (Å²) >= 11 is 0. The van der Waals surface area contributed by atoms with Gasteiger partial charge in [0, 0.05) is 18.5 Å². The molecule has 1 N–H and O–H groups in total. The maximum Gasteiger partial charge on any atom is 0.165 e. The number of hydrogen-bond acceptors (Lipinski definition) is 3. The maximum absolute atomic E-state index is 14.2. The van der Waals surface area contributed by atoms with Crippen molar-refractivity contribution in [3.05, 3.63) is 29.6 Å². The van der Waals surface area contributed by atoms with E-state index in [1.165, 1.54) is 6.07 Å². The summed E-state index contributed by atoms with van der Waals surface area (Å²) in [5, 5.41) is 3.22. The number of hydrogen-bond donors (Lipinski definition) is 1. The maximum atomic E-state index is 14.2. The second kappa shape index (κ2) is 5.93. The van der Waals surface area contributed by atoms with E-state index in [1.54, 1.807) is 6.07 Å². The van der Waals surface area contributed by atoms with Crippen LogP contribution < -0.4 is 10.1 Å². The molecule has 1 aromatic carbocycles. The zero-order valence-electron chi connectivity index (χ0n) is 13.6. The minimum atomic E-state index is -0.429. The molecule has 1 saturated heterocycles. The summed E-state index contributed by atoms with van der Waals surface area (Å²) < 4.78 is 26.2. The van der Waals surface area contributed by atoms with E-state index < -0.39 is 5.60 Å². The van der Waals surface area contributed by atoms with Gasteiger partial charge in [0.25, 0.3) is 0 Å². The molecule has 118 valence electrons. The number of nitrogens with one attached hydrogen (secondary N) is 1. The summed E-state index contributed by atoms with van der Waals surface area (Å²) in [6.07, 6.45) is 0.583. The molecule has 3 nitrogen and oxygen atoms in total. The van der Waals surface area contributed by atoms with E-state index in [4.69, 9.17) is 9.47 Å². The second-order valence-corrected chi connectivity index (χ2v) is 6.78. The molecule has 0 aliphatic carbocycles. The lowest BCUT2D eigenvalue weighted by molar-refractivity contribution is -0.0850. The first-order valence-electron chi connectivity index (χ1n) is 7.60. The van der Waals surface area contributed by atoms with E-state index in [1.807, 2.05) is 40.7 Å². The van der Waals surface area contributed by atoms with E-state index in [0.717, 1.165) is 18.5 Å². The van der Waals surface area contributed by atoms with Gasteiger partial charge < -0.3 is 14.8 Å². The van der Waals surface area contributed by atoms with Crippen LogP contribution in [0, 0.1) is 5.82 Å². The number of para-hydroxylation sites is 1. The summed E-state index contributed by atoms with van der Waals surface area (Å²) in [4.78, 5) is 0. The normalized spacial score (nSPS) is 23.2. The van der Waals surface area contributed by atoms with Crippen molar-refractivity contribution >= 4 is 0 Å². The highest BCUT2D eigenvalue weighted by atomic mass is 19.1. The third kappa shape index (κ3) is 3.74. The smallest absolute Gasteiger partial charge is 0.165 e. The molecule has 1 unspecified atom stereocenters. The molecule has 0 amide bonds. The van der Waals surface area contributed by atoms with Crippen molar-refractivity contribution in [2.45, 2.75) is 64.9 Å². The average Bonchev–Trinajstić information content (AvgIpc) is 2.57. The number of halogens is 1. The van der Waals surface area contributed by atoms with E-state index >= 15 is 0 Å². The minimum Gasteiger partial charge on any atom is -0.484 e. The summed E-state index contributed by atoms with van der Waals surface area (Å²) in [7, 11) is 0. The van der Waals surface area contributed by atoms with E-state index in [-0.39, 0.29) is 17.5 Å². The first kappa shape index (κ1) is 16.2. The lowest BCUT2D eigenvalue weighted by atomic mass is 9.97. The fourth-order valence-electron chi connectivity index (χ4n) is 2.92. The third-order valence-electron chi connectivity index (χ3n) is 3.87. The van der Waals surface area contributed by atoms with Gasteiger partial charge in [-0.1, -0.05) is 19.1 Å². The highest BCUT2D eigenvalue weighted by Gasteiger charge is 2.47. The van der Waals surface area contributed by atoms with Crippen LogP contribution >= 0.6 is 0 Å². The van der Waals surface area contributed by atoms with Gasteiger partial charge in [0.1, 0.15) is 11.7 Å². The topological polar surface area (TPSA) is 30.5 Å². The number of rotatable bonds is 5. The first-order valence-corrected chi connectivity index (χ1v) is 7.60. The van der Waals surface area contributed by atoms with Crippen molar-refractivity contribution in [2.24, 2.45) is 0 Å². The van der Waals surface area contributed by atoms with Gasteiger partial charge in [0.2, 0.25) is 0 Å². The molecule has 0 aromatic heterocycles. The second-order valence-electron chi connectivity index (χ2n) is 6.78. The Hall–Kier alpha value is -1.13. The standard InChI is InChI=1S/C17H26FNO2/c1-6-19-11-12-8-7-9-13(18)15(12)20-14-10-16(2,3)21-17(14,4)5/h7-9,14,19H,6,10-11H2,1-5H3. The summed E-state index contributed by atoms with van der Waals surface area (Å²) in [5.41, 5.74) is 0.167. The van der Waals surface area contributed by atoms with Crippen LogP contribution in [0.1, 0.15) is 46.6 Å². The highest BCUT2D eigenvalue weighted by molar-refractivity contribution is 5.35. The Morgan fingerprint density at radius 2 is 2.05 bits per heavy atom. The van der Waals surface area contributed by atoms with Crippen molar-refractivity contribution in [2.75, 3.05) is 6.54 Å².